The summed E-state index contributed by atoms with van der Waals surface area (Å²) in [5.74, 6) is 0. The van der Waals surface area contributed by atoms with Gasteiger partial charge in [-0.1, -0.05) is 194 Å². The number of furan rings is 1. The van der Waals surface area contributed by atoms with E-state index in [-0.39, 0.29) is 0 Å². The molecular weight excluding hydrogens is 763 g/mol. The van der Waals surface area contributed by atoms with Crippen LogP contribution in [0.1, 0.15) is 22.3 Å². The highest BCUT2D eigenvalue weighted by Gasteiger charge is 2.46. The SMILES string of the molecule is c1ccc(-c2ccc(N(c3cc(-c4ccccc4)cc(-c4ccccc4)c3)c3cccc4oc5ccc(C6(c7ccccc7)c7ccccc7-c7ccccc76)cc5c34)cc2)cc1. The zero-order valence-electron chi connectivity index (χ0n) is 34.5. The fourth-order valence-corrected chi connectivity index (χ4v) is 10.1. The van der Waals surface area contributed by atoms with Crippen LogP contribution in [0.15, 0.2) is 253 Å². The van der Waals surface area contributed by atoms with E-state index in [2.05, 4.69) is 254 Å². The lowest BCUT2D eigenvalue weighted by Gasteiger charge is -2.34. The molecule has 0 radical (unpaired) electrons. The standard InChI is InChI=1S/C61H41NO/c1-5-18-42(19-6-1)45-32-35-50(36-33-45)62(51-39-46(43-20-7-2-8-21-43)38-47(40-51)44-22-9-3-10-23-44)57-30-17-31-59-60(57)54-41-49(34-37-58(54)63-59)61(48-24-11-4-12-25-48)55-28-15-13-26-52(55)53-27-14-16-29-56(53)61/h1-41H. The van der Waals surface area contributed by atoms with Gasteiger partial charge in [0.2, 0.25) is 0 Å². The second-order valence-electron chi connectivity index (χ2n) is 16.4. The molecule has 1 heterocycles. The molecule has 0 saturated carbocycles. The maximum absolute atomic E-state index is 6.85. The van der Waals surface area contributed by atoms with Crippen molar-refractivity contribution >= 4 is 39.0 Å². The van der Waals surface area contributed by atoms with Gasteiger partial charge in [0.05, 0.1) is 16.5 Å². The third-order valence-electron chi connectivity index (χ3n) is 12.9. The van der Waals surface area contributed by atoms with Gasteiger partial charge in [0.25, 0.3) is 0 Å². The summed E-state index contributed by atoms with van der Waals surface area (Å²) in [6, 6.07) is 90.2. The fraction of sp³-hybridized carbons (Fsp3) is 0.0164. The third-order valence-corrected chi connectivity index (χ3v) is 12.9. The van der Waals surface area contributed by atoms with Gasteiger partial charge in [-0.05, 0) is 121 Å². The van der Waals surface area contributed by atoms with Crippen LogP contribution in [0.5, 0.6) is 0 Å². The van der Waals surface area contributed by atoms with Crippen molar-refractivity contribution in [3.63, 3.8) is 0 Å². The van der Waals surface area contributed by atoms with E-state index < -0.39 is 5.41 Å². The molecule has 12 rings (SSSR count). The molecule has 0 unspecified atom stereocenters. The predicted octanol–water partition coefficient (Wildman–Crippen LogP) is 16.4. The van der Waals surface area contributed by atoms with Crippen LogP contribution >= 0.6 is 0 Å². The van der Waals surface area contributed by atoms with E-state index >= 15 is 0 Å². The van der Waals surface area contributed by atoms with E-state index in [9.17, 15) is 0 Å². The molecule has 2 heteroatoms. The zero-order chi connectivity index (χ0) is 41.7. The third kappa shape index (κ3) is 6.02. The average Bonchev–Trinajstić information content (AvgIpc) is 3.89. The van der Waals surface area contributed by atoms with Gasteiger partial charge in [-0.2, -0.15) is 0 Å². The van der Waals surface area contributed by atoms with Crippen LogP contribution in [0, 0.1) is 0 Å². The van der Waals surface area contributed by atoms with Crippen molar-refractivity contribution in [1.82, 2.24) is 0 Å². The molecule has 0 saturated heterocycles. The number of fused-ring (bicyclic) bond motifs is 6. The van der Waals surface area contributed by atoms with Gasteiger partial charge < -0.3 is 9.32 Å². The van der Waals surface area contributed by atoms with E-state index in [1.54, 1.807) is 0 Å². The van der Waals surface area contributed by atoms with Gasteiger partial charge in [0, 0.05) is 16.8 Å². The maximum atomic E-state index is 6.85. The van der Waals surface area contributed by atoms with Gasteiger partial charge >= 0.3 is 0 Å². The number of hydrogen-bond donors (Lipinski definition) is 0. The Morgan fingerprint density at radius 2 is 0.825 bits per heavy atom. The van der Waals surface area contributed by atoms with E-state index in [1.807, 2.05) is 0 Å². The minimum atomic E-state index is -0.539. The van der Waals surface area contributed by atoms with Gasteiger partial charge in [0.15, 0.2) is 0 Å². The first-order chi connectivity index (χ1) is 31.2. The van der Waals surface area contributed by atoms with Crippen molar-refractivity contribution in [3.8, 4) is 44.5 Å². The van der Waals surface area contributed by atoms with Crippen LogP contribution < -0.4 is 4.90 Å². The smallest absolute Gasteiger partial charge is 0.137 e. The number of anilines is 3. The first kappa shape index (κ1) is 36.6. The summed E-state index contributed by atoms with van der Waals surface area (Å²) in [6.45, 7) is 0. The highest BCUT2D eigenvalue weighted by atomic mass is 16.3. The summed E-state index contributed by atoms with van der Waals surface area (Å²) in [4.78, 5) is 2.42. The molecule has 1 aliphatic carbocycles. The minimum absolute atomic E-state index is 0.539. The molecule has 1 aromatic heterocycles. The molecule has 296 valence electrons. The molecule has 63 heavy (non-hydrogen) atoms. The molecule has 2 nitrogen and oxygen atoms in total. The molecule has 0 atom stereocenters. The molecule has 10 aromatic carbocycles. The normalized spacial score (nSPS) is 12.6. The van der Waals surface area contributed by atoms with Crippen LogP contribution in [-0.4, -0.2) is 0 Å². The van der Waals surface area contributed by atoms with Crippen molar-refractivity contribution < 1.29 is 4.42 Å². The fourth-order valence-electron chi connectivity index (χ4n) is 10.1. The summed E-state index contributed by atoms with van der Waals surface area (Å²) in [5, 5.41) is 2.14. The maximum Gasteiger partial charge on any atom is 0.137 e. The average molecular weight is 804 g/mol. The second-order valence-corrected chi connectivity index (χ2v) is 16.4. The van der Waals surface area contributed by atoms with Crippen molar-refractivity contribution in [2.45, 2.75) is 5.41 Å². The lowest BCUT2D eigenvalue weighted by atomic mass is 9.67. The molecule has 0 fully saturated rings. The van der Waals surface area contributed by atoms with Crippen LogP contribution in [0.25, 0.3) is 66.4 Å². The topological polar surface area (TPSA) is 16.4 Å². The molecule has 0 spiro atoms. The second kappa shape index (κ2) is 15.1. The summed E-state index contributed by atoms with van der Waals surface area (Å²) in [5.41, 5.74) is 18.8. The molecular formula is C61H41NO. The van der Waals surface area contributed by atoms with Crippen molar-refractivity contribution in [2.75, 3.05) is 4.90 Å². The Morgan fingerprint density at radius 3 is 1.41 bits per heavy atom. The van der Waals surface area contributed by atoms with Gasteiger partial charge in [-0.15, -0.1) is 0 Å². The van der Waals surface area contributed by atoms with Gasteiger partial charge in [0.1, 0.15) is 11.2 Å². The molecule has 0 N–H and O–H groups in total. The molecule has 0 bridgehead atoms. The Hall–Kier alpha value is -8.20. The Bertz CT molecular complexity index is 3320. The van der Waals surface area contributed by atoms with Crippen molar-refractivity contribution in [3.05, 3.63) is 271 Å². The van der Waals surface area contributed by atoms with Crippen LogP contribution in [0.3, 0.4) is 0 Å². The number of benzene rings is 10. The highest BCUT2D eigenvalue weighted by Crippen LogP contribution is 2.57. The zero-order valence-corrected chi connectivity index (χ0v) is 34.5. The number of hydrogen-bond acceptors (Lipinski definition) is 2. The summed E-state index contributed by atoms with van der Waals surface area (Å²) < 4.78 is 6.85. The lowest BCUT2D eigenvalue weighted by Crippen LogP contribution is -2.28. The van der Waals surface area contributed by atoms with E-state index in [4.69, 9.17) is 4.42 Å². The molecule has 0 amide bonds. The van der Waals surface area contributed by atoms with Gasteiger partial charge in [-0.3, -0.25) is 0 Å². The lowest BCUT2D eigenvalue weighted by molar-refractivity contribution is 0.668. The monoisotopic (exact) mass is 803 g/mol. The Balaban J connectivity index is 1.13. The van der Waals surface area contributed by atoms with Crippen molar-refractivity contribution in [1.29, 1.82) is 0 Å². The Labute approximate surface area is 367 Å². The minimum Gasteiger partial charge on any atom is -0.456 e. The Morgan fingerprint density at radius 1 is 0.317 bits per heavy atom. The first-order valence-electron chi connectivity index (χ1n) is 21.7. The quantitative estimate of drug-likeness (QED) is 0.152. The predicted molar refractivity (Wildman–Crippen MR) is 262 cm³/mol. The van der Waals surface area contributed by atoms with Crippen molar-refractivity contribution in [2.24, 2.45) is 0 Å². The van der Waals surface area contributed by atoms with Crippen LogP contribution in [0.2, 0.25) is 0 Å². The summed E-state index contributed by atoms with van der Waals surface area (Å²) in [6.07, 6.45) is 0. The number of rotatable bonds is 8. The number of nitrogens with zero attached hydrogens (tertiary/aromatic N) is 1. The van der Waals surface area contributed by atoms with Crippen LogP contribution in [-0.2, 0) is 5.41 Å². The molecule has 1 aliphatic rings. The first-order valence-corrected chi connectivity index (χ1v) is 21.7. The van der Waals surface area contributed by atoms with E-state index in [0.29, 0.717) is 0 Å². The summed E-state index contributed by atoms with van der Waals surface area (Å²) >= 11 is 0. The molecule has 0 aliphatic heterocycles. The van der Waals surface area contributed by atoms with Gasteiger partial charge in [-0.25, -0.2) is 0 Å². The van der Waals surface area contributed by atoms with E-state index in [1.165, 1.54) is 44.5 Å². The van der Waals surface area contributed by atoms with E-state index in [0.717, 1.165) is 61.3 Å². The largest absolute Gasteiger partial charge is 0.456 e. The Kier molecular flexibility index (Phi) is 8.76. The highest BCUT2D eigenvalue weighted by molar-refractivity contribution is 6.14. The molecule has 11 aromatic rings. The summed E-state index contributed by atoms with van der Waals surface area (Å²) in [7, 11) is 0. The van der Waals surface area contributed by atoms with Crippen LogP contribution in [0.4, 0.5) is 17.1 Å².